The first-order valence-corrected chi connectivity index (χ1v) is 7.36. The van der Waals surface area contributed by atoms with Crippen LogP contribution >= 0.6 is 0 Å². The van der Waals surface area contributed by atoms with E-state index in [0.717, 1.165) is 30.9 Å². The maximum Gasteiger partial charge on any atom is 0.119 e. The smallest absolute Gasteiger partial charge is 0.119 e. The molecule has 4 heteroatoms. The number of unbranched alkanes of at least 4 members (excludes halogenated alkanes) is 2. The van der Waals surface area contributed by atoms with Gasteiger partial charge in [0.2, 0.25) is 0 Å². The quantitative estimate of drug-likeness (QED) is 0.779. The number of rotatable bonds is 7. The van der Waals surface area contributed by atoms with E-state index in [2.05, 4.69) is 43.1 Å². The Bertz CT molecular complexity index is 532. The molecule has 0 atom stereocenters. The maximum atomic E-state index is 5.75. The number of aromatic amines is 1. The van der Waals surface area contributed by atoms with Crippen LogP contribution in [0.4, 0.5) is 0 Å². The zero-order valence-electron chi connectivity index (χ0n) is 13.1. The number of hydrogen-bond acceptors (Lipinski definition) is 2. The lowest BCUT2D eigenvalue weighted by molar-refractivity contribution is -0.00000499. The Morgan fingerprint density at radius 2 is 1.90 bits per heavy atom. The van der Waals surface area contributed by atoms with Crippen LogP contribution in [-0.2, 0) is 6.42 Å². The largest absolute Gasteiger partial charge is 1.00 e. The Hall–Kier alpha value is -1.48. The van der Waals surface area contributed by atoms with Crippen molar-refractivity contribution in [2.24, 2.45) is 0 Å². The van der Waals surface area contributed by atoms with Crippen LogP contribution in [0.15, 0.2) is 24.3 Å². The number of hydrogen-bond donors (Lipinski definition) is 1. The lowest BCUT2D eigenvalue weighted by Gasteiger charge is -2.07. The van der Waals surface area contributed by atoms with Crippen LogP contribution < -0.4 is 17.1 Å². The fourth-order valence-electron chi connectivity index (χ4n) is 2.42. The lowest BCUT2D eigenvalue weighted by Crippen LogP contribution is -3.00. The van der Waals surface area contributed by atoms with Crippen LogP contribution in [0.1, 0.15) is 41.8 Å². The third kappa shape index (κ3) is 5.43. The molecule has 0 fully saturated rings. The standard InChI is InChI=1S/C17H24N2O.ClH/c1-13-8-7-9-16(12-13)20-11-6-4-5-10-17-14(2)18-19-15(17)3;/h7-9,12H,4-6,10-11H2,1-3H3,(H,18,19);1H/p-1. The Kier molecular flexibility index (Phi) is 7.30. The van der Waals surface area contributed by atoms with Crippen molar-refractivity contribution in [3.8, 4) is 5.75 Å². The highest BCUT2D eigenvalue weighted by molar-refractivity contribution is 5.27. The maximum absolute atomic E-state index is 5.75. The summed E-state index contributed by atoms with van der Waals surface area (Å²) in [6.45, 7) is 7.05. The number of aryl methyl sites for hydroxylation is 3. The molecule has 0 spiro atoms. The number of H-pyrrole nitrogens is 1. The van der Waals surface area contributed by atoms with Crippen molar-refractivity contribution in [3.05, 3.63) is 46.8 Å². The molecule has 2 aromatic rings. The van der Waals surface area contributed by atoms with Crippen molar-refractivity contribution in [2.45, 2.75) is 46.5 Å². The van der Waals surface area contributed by atoms with Crippen molar-refractivity contribution in [1.82, 2.24) is 10.2 Å². The van der Waals surface area contributed by atoms with Gasteiger partial charge >= 0.3 is 0 Å². The average molecular weight is 308 g/mol. The Labute approximate surface area is 133 Å². The Balaban J connectivity index is 0.00000220. The van der Waals surface area contributed by atoms with E-state index in [1.807, 2.05) is 12.1 Å². The van der Waals surface area contributed by atoms with Gasteiger partial charge in [0.05, 0.1) is 12.3 Å². The molecular formula is C17H24ClN2O-. The van der Waals surface area contributed by atoms with Crippen molar-refractivity contribution in [1.29, 1.82) is 0 Å². The van der Waals surface area contributed by atoms with Gasteiger partial charge in [0, 0.05) is 5.69 Å². The first-order chi connectivity index (χ1) is 9.66. The second-order valence-electron chi connectivity index (χ2n) is 5.39. The first-order valence-electron chi connectivity index (χ1n) is 7.36. The van der Waals surface area contributed by atoms with E-state index in [-0.39, 0.29) is 12.4 Å². The van der Waals surface area contributed by atoms with E-state index >= 15 is 0 Å². The molecule has 0 saturated carbocycles. The summed E-state index contributed by atoms with van der Waals surface area (Å²) < 4.78 is 5.75. The van der Waals surface area contributed by atoms with Gasteiger partial charge in [-0.15, -0.1) is 0 Å². The predicted molar refractivity (Wildman–Crippen MR) is 82.3 cm³/mol. The average Bonchev–Trinajstić information content (AvgIpc) is 2.74. The summed E-state index contributed by atoms with van der Waals surface area (Å²) >= 11 is 0. The summed E-state index contributed by atoms with van der Waals surface area (Å²) in [4.78, 5) is 0. The molecule has 1 N–H and O–H groups in total. The van der Waals surface area contributed by atoms with Gasteiger partial charge in [-0.2, -0.15) is 5.10 Å². The van der Waals surface area contributed by atoms with Crippen LogP contribution in [0, 0.1) is 20.8 Å². The number of nitrogens with zero attached hydrogens (tertiary/aromatic N) is 1. The third-order valence-corrected chi connectivity index (χ3v) is 3.61. The molecule has 116 valence electrons. The van der Waals surface area contributed by atoms with Gasteiger partial charge in [-0.1, -0.05) is 12.1 Å². The zero-order chi connectivity index (χ0) is 14.4. The highest BCUT2D eigenvalue weighted by Gasteiger charge is 2.05. The van der Waals surface area contributed by atoms with Crippen LogP contribution in [0.2, 0.25) is 0 Å². The molecule has 0 aliphatic heterocycles. The van der Waals surface area contributed by atoms with Gasteiger partial charge in [-0.05, 0) is 69.7 Å². The number of aromatic nitrogens is 2. The number of benzene rings is 1. The second kappa shape index (κ2) is 8.73. The van der Waals surface area contributed by atoms with Crippen LogP contribution in [0.25, 0.3) is 0 Å². The molecule has 1 heterocycles. The molecule has 0 aliphatic rings. The fourth-order valence-corrected chi connectivity index (χ4v) is 2.42. The molecular weight excluding hydrogens is 284 g/mol. The summed E-state index contributed by atoms with van der Waals surface area (Å²) in [5, 5.41) is 7.27. The zero-order valence-corrected chi connectivity index (χ0v) is 13.8. The molecule has 2 rings (SSSR count). The molecule has 21 heavy (non-hydrogen) atoms. The Morgan fingerprint density at radius 1 is 1.10 bits per heavy atom. The van der Waals surface area contributed by atoms with Gasteiger partial charge in [0.15, 0.2) is 0 Å². The molecule has 1 aromatic carbocycles. The molecule has 0 amide bonds. The summed E-state index contributed by atoms with van der Waals surface area (Å²) in [6, 6.07) is 8.22. The van der Waals surface area contributed by atoms with E-state index in [1.165, 1.54) is 29.7 Å². The van der Waals surface area contributed by atoms with Crippen LogP contribution in [-0.4, -0.2) is 16.8 Å². The normalized spacial score (nSPS) is 10.2. The summed E-state index contributed by atoms with van der Waals surface area (Å²) in [5.74, 6) is 0.978. The highest BCUT2D eigenvalue weighted by Crippen LogP contribution is 2.15. The minimum absolute atomic E-state index is 0. The van der Waals surface area contributed by atoms with Crippen LogP contribution in [0.3, 0.4) is 0 Å². The van der Waals surface area contributed by atoms with Gasteiger partial charge in [-0.3, -0.25) is 5.10 Å². The predicted octanol–water partition coefficient (Wildman–Crippen LogP) is 1.13. The van der Waals surface area contributed by atoms with Crippen LogP contribution in [0.5, 0.6) is 5.75 Å². The molecule has 1 aromatic heterocycles. The lowest BCUT2D eigenvalue weighted by atomic mass is 10.1. The van der Waals surface area contributed by atoms with E-state index in [4.69, 9.17) is 4.74 Å². The molecule has 0 bridgehead atoms. The van der Waals surface area contributed by atoms with E-state index in [0.29, 0.717) is 0 Å². The number of ether oxygens (including phenoxy) is 1. The molecule has 3 nitrogen and oxygen atoms in total. The third-order valence-electron chi connectivity index (χ3n) is 3.61. The Morgan fingerprint density at radius 3 is 2.57 bits per heavy atom. The topological polar surface area (TPSA) is 37.9 Å². The van der Waals surface area contributed by atoms with Gasteiger partial charge in [-0.25, -0.2) is 0 Å². The SMILES string of the molecule is Cc1cccc(OCCCCCc2c(C)n[nH]c2C)c1.[Cl-]. The number of nitrogens with one attached hydrogen (secondary N) is 1. The van der Waals surface area contributed by atoms with E-state index < -0.39 is 0 Å². The minimum Gasteiger partial charge on any atom is -1.00 e. The van der Waals surface area contributed by atoms with Gasteiger partial charge < -0.3 is 17.1 Å². The molecule has 0 radical (unpaired) electrons. The molecule has 0 saturated heterocycles. The molecule has 0 unspecified atom stereocenters. The monoisotopic (exact) mass is 307 g/mol. The van der Waals surface area contributed by atoms with Crippen molar-refractivity contribution >= 4 is 0 Å². The summed E-state index contributed by atoms with van der Waals surface area (Å²) in [5.41, 5.74) is 4.97. The van der Waals surface area contributed by atoms with Crippen molar-refractivity contribution < 1.29 is 17.1 Å². The number of halogens is 1. The minimum atomic E-state index is 0. The first kappa shape index (κ1) is 17.6. The summed E-state index contributed by atoms with van der Waals surface area (Å²) in [6.07, 6.45) is 4.59. The van der Waals surface area contributed by atoms with E-state index in [9.17, 15) is 0 Å². The fraction of sp³-hybridized carbons (Fsp3) is 0.471. The van der Waals surface area contributed by atoms with Crippen molar-refractivity contribution in [3.63, 3.8) is 0 Å². The van der Waals surface area contributed by atoms with Gasteiger partial charge in [0.1, 0.15) is 5.75 Å². The molecule has 0 aliphatic carbocycles. The highest BCUT2D eigenvalue weighted by atomic mass is 35.5. The second-order valence-corrected chi connectivity index (χ2v) is 5.39. The van der Waals surface area contributed by atoms with Crippen molar-refractivity contribution in [2.75, 3.05) is 6.61 Å². The van der Waals surface area contributed by atoms with Gasteiger partial charge in [0.25, 0.3) is 0 Å². The summed E-state index contributed by atoms with van der Waals surface area (Å²) in [7, 11) is 0. The van der Waals surface area contributed by atoms with E-state index in [1.54, 1.807) is 0 Å².